The van der Waals surface area contributed by atoms with Crippen LogP contribution in [0.5, 0.6) is 0 Å². The van der Waals surface area contributed by atoms with Gasteiger partial charge in [0, 0.05) is 0 Å². The lowest BCUT2D eigenvalue weighted by Gasteiger charge is -2.03. The summed E-state index contributed by atoms with van der Waals surface area (Å²) in [7, 11) is 0. The Hall–Kier alpha value is -1.48. The third kappa shape index (κ3) is 12.8. The quantitative estimate of drug-likeness (QED) is 0.400. The molecular formula is C17H24O2. The molecule has 0 spiro atoms. The van der Waals surface area contributed by atoms with Crippen LogP contribution < -0.4 is 0 Å². The molecule has 0 saturated heterocycles. The van der Waals surface area contributed by atoms with Crippen molar-refractivity contribution in [3.8, 4) is 23.7 Å². The molecule has 0 aliphatic heterocycles. The summed E-state index contributed by atoms with van der Waals surface area (Å²) in [6.07, 6.45) is 10.1. The van der Waals surface area contributed by atoms with E-state index >= 15 is 0 Å². The van der Waals surface area contributed by atoms with Gasteiger partial charge in [-0.2, -0.15) is 0 Å². The molecule has 2 N–H and O–H groups in total. The number of hydrogen-bond donors (Lipinski definition) is 2. The Morgan fingerprint density at radius 3 is 2.53 bits per heavy atom. The van der Waals surface area contributed by atoms with Gasteiger partial charge in [-0.1, -0.05) is 63.5 Å². The van der Waals surface area contributed by atoms with Crippen molar-refractivity contribution in [3.63, 3.8) is 0 Å². The smallest absolute Gasteiger partial charge is 0.134 e. The molecule has 0 aromatic carbocycles. The van der Waals surface area contributed by atoms with Gasteiger partial charge in [0.25, 0.3) is 0 Å². The van der Waals surface area contributed by atoms with Gasteiger partial charge in [0.1, 0.15) is 6.10 Å². The molecule has 0 fully saturated rings. The topological polar surface area (TPSA) is 40.5 Å². The van der Waals surface area contributed by atoms with Gasteiger partial charge in [-0.05, 0) is 30.4 Å². The molecule has 104 valence electrons. The van der Waals surface area contributed by atoms with Crippen LogP contribution >= 0.6 is 0 Å². The van der Waals surface area contributed by atoms with Crippen molar-refractivity contribution in [3.05, 3.63) is 24.8 Å². The van der Waals surface area contributed by atoms with E-state index in [1.807, 2.05) is 0 Å². The van der Waals surface area contributed by atoms with E-state index in [9.17, 15) is 5.11 Å². The minimum absolute atomic E-state index is 0.428. The molecule has 2 atom stereocenters. The zero-order valence-corrected chi connectivity index (χ0v) is 11.7. The second-order valence-corrected chi connectivity index (χ2v) is 4.35. The van der Waals surface area contributed by atoms with Crippen LogP contribution in [0.25, 0.3) is 0 Å². The summed E-state index contributed by atoms with van der Waals surface area (Å²) in [5.41, 5.74) is 0. The molecule has 0 saturated carbocycles. The van der Waals surface area contributed by atoms with E-state index < -0.39 is 12.2 Å². The second kappa shape index (κ2) is 13.0. The van der Waals surface area contributed by atoms with Crippen molar-refractivity contribution in [2.24, 2.45) is 0 Å². The van der Waals surface area contributed by atoms with Crippen molar-refractivity contribution in [1.82, 2.24) is 0 Å². The molecular weight excluding hydrogens is 236 g/mol. The Morgan fingerprint density at radius 1 is 1.11 bits per heavy atom. The normalized spacial score (nSPS) is 13.0. The van der Waals surface area contributed by atoms with Gasteiger partial charge in [0.05, 0.1) is 6.10 Å². The van der Waals surface area contributed by atoms with Gasteiger partial charge in [0.2, 0.25) is 0 Å². The predicted octanol–water partition coefficient (Wildman–Crippen LogP) is 2.82. The lowest BCUT2D eigenvalue weighted by molar-refractivity contribution is 0.208. The summed E-state index contributed by atoms with van der Waals surface area (Å²) in [6.45, 7) is 5.59. The van der Waals surface area contributed by atoms with Crippen LogP contribution in [-0.2, 0) is 0 Å². The fourth-order valence-corrected chi connectivity index (χ4v) is 1.46. The predicted molar refractivity (Wildman–Crippen MR) is 80.3 cm³/mol. The first kappa shape index (κ1) is 17.5. The Bertz CT molecular complexity index is 374. The van der Waals surface area contributed by atoms with Gasteiger partial charge < -0.3 is 10.2 Å². The largest absolute Gasteiger partial charge is 0.389 e. The molecule has 0 rings (SSSR count). The van der Waals surface area contributed by atoms with Crippen LogP contribution in [0.4, 0.5) is 0 Å². The minimum Gasteiger partial charge on any atom is -0.389 e. The summed E-state index contributed by atoms with van der Waals surface area (Å²) in [6, 6.07) is 0. The lowest BCUT2D eigenvalue weighted by Crippen LogP contribution is -2.01. The first-order chi connectivity index (χ1) is 9.20. The highest BCUT2D eigenvalue weighted by molar-refractivity contribution is 5.32. The Morgan fingerprint density at radius 2 is 1.84 bits per heavy atom. The number of aliphatic hydroxyl groups is 2. The maximum absolute atomic E-state index is 9.64. The van der Waals surface area contributed by atoms with E-state index in [2.05, 4.69) is 37.2 Å². The van der Waals surface area contributed by atoms with Gasteiger partial charge in [-0.15, -0.1) is 0 Å². The van der Waals surface area contributed by atoms with E-state index in [1.165, 1.54) is 31.8 Å². The molecule has 0 radical (unpaired) electrons. The van der Waals surface area contributed by atoms with Crippen LogP contribution in [0.2, 0.25) is 0 Å². The van der Waals surface area contributed by atoms with Crippen LogP contribution in [0, 0.1) is 23.7 Å². The molecule has 0 bridgehead atoms. The van der Waals surface area contributed by atoms with Gasteiger partial charge in [-0.3, -0.25) is 0 Å². The Kier molecular flexibility index (Phi) is 12.0. The van der Waals surface area contributed by atoms with E-state index in [-0.39, 0.29) is 0 Å². The molecule has 0 heterocycles. The minimum atomic E-state index is -0.827. The van der Waals surface area contributed by atoms with Crippen molar-refractivity contribution in [1.29, 1.82) is 0 Å². The highest BCUT2D eigenvalue weighted by Crippen LogP contribution is 2.07. The maximum atomic E-state index is 9.64. The maximum Gasteiger partial charge on any atom is 0.134 e. The molecule has 2 heteroatoms. The summed E-state index contributed by atoms with van der Waals surface area (Å²) in [5.74, 6) is 10.3. The second-order valence-electron chi connectivity index (χ2n) is 4.35. The summed E-state index contributed by atoms with van der Waals surface area (Å²) < 4.78 is 0. The SMILES string of the molecule is C=C[C@H](O)C#CC#CC=C[C@@H](O)CCCCCCC. The van der Waals surface area contributed by atoms with Crippen molar-refractivity contribution in [2.75, 3.05) is 0 Å². The zero-order valence-electron chi connectivity index (χ0n) is 11.7. The Balaban J connectivity index is 3.77. The lowest BCUT2D eigenvalue weighted by atomic mass is 10.1. The molecule has 0 aromatic heterocycles. The molecule has 0 amide bonds. The molecule has 0 aliphatic carbocycles. The molecule has 19 heavy (non-hydrogen) atoms. The highest BCUT2D eigenvalue weighted by atomic mass is 16.3. The highest BCUT2D eigenvalue weighted by Gasteiger charge is 1.97. The number of allylic oxidation sites excluding steroid dienone is 1. The van der Waals surface area contributed by atoms with Crippen LogP contribution in [0.1, 0.15) is 45.4 Å². The van der Waals surface area contributed by atoms with Crippen molar-refractivity contribution in [2.45, 2.75) is 57.7 Å². The monoisotopic (exact) mass is 260 g/mol. The summed E-state index contributed by atoms with van der Waals surface area (Å²) in [4.78, 5) is 0. The molecule has 2 nitrogen and oxygen atoms in total. The van der Waals surface area contributed by atoms with Crippen molar-refractivity contribution >= 4 is 0 Å². The van der Waals surface area contributed by atoms with E-state index in [1.54, 1.807) is 12.2 Å². The van der Waals surface area contributed by atoms with Crippen LogP contribution in [0.3, 0.4) is 0 Å². The number of aliphatic hydroxyl groups excluding tert-OH is 2. The summed E-state index contributed by atoms with van der Waals surface area (Å²) >= 11 is 0. The third-order valence-electron chi connectivity index (χ3n) is 2.58. The average Bonchev–Trinajstić information content (AvgIpc) is 2.42. The standard InChI is InChI=1S/C17H24O2/c1-3-5-6-7-11-14-17(19)15-12-9-8-10-13-16(18)4-2/h4,12,15-19H,2-3,5-7,11,14H2,1H3/t16-,17-/m0/s1. The van der Waals surface area contributed by atoms with E-state index in [0.717, 1.165) is 12.8 Å². The summed E-state index contributed by atoms with van der Waals surface area (Å²) in [5, 5.41) is 18.7. The van der Waals surface area contributed by atoms with Gasteiger partial charge >= 0.3 is 0 Å². The first-order valence-corrected chi connectivity index (χ1v) is 6.87. The number of unbranched alkanes of at least 4 members (excludes halogenated alkanes) is 4. The number of hydrogen-bond acceptors (Lipinski definition) is 2. The van der Waals surface area contributed by atoms with E-state index in [0.29, 0.717) is 0 Å². The van der Waals surface area contributed by atoms with Crippen molar-refractivity contribution < 1.29 is 10.2 Å². The zero-order chi connectivity index (χ0) is 14.3. The van der Waals surface area contributed by atoms with E-state index in [4.69, 9.17) is 5.11 Å². The molecule has 0 unspecified atom stereocenters. The molecule has 0 aliphatic rings. The fraction of sp³-hybridized carbons (Fsp3) is 0.529. The fourth-order valence-electron chi connectivity index (χ4n) is 1.46. The average molecular weight is 260 g/mol. The first-order valence-electron chi connectivity index (χ1n) is 6.87. The third-order valence-corrected chi connectivity index (χ3v) is 2.58. The van der Waals surface area contributed by atoms with Gasteiger partial charge in [0.15, 0.2) is 0 Å². The van der Waals surface area contributed by atoms with Crippen LogP contribution in [-0.4, -0.2) is 22.4 Å². The number of rotatable bonds is 8. The van der Waals surface area contributed by atoms with Gasteiger partial charge in [-0.25, -0.2) is 0 Å². The Labute approximate surface area is 117 Å². The molecule has 0 aromatic rings. The van der Waals surface area contributed by atoms with Crippen LogP contribution in [0.15, 0.2) is 24.8 Å².